The number of halogens is 1. The van der Waals surface area contributed by atoms with Gasteiger partial charge in [-0.3, -0.25) is 0 Å². The van der Waals surface area contributed by atoms with E-state index in [0.29, 0.717) is 23.8 Å². The van der Waals surface area contributed by atoms with Gasteiger partial charge >= 0.3 is 0 Å². The van der Waals surface area contributed by atoms with Crippen molar-refractivity contribution in [1.29, 1.82) is 0 Å². The third kappa shape index (κ3) is 2.65. The number of hydrogen-bond acceptors (Lipinski definition) is 3. The van der Waals surface area contributed by atoms with E-state index in [2.05, 4.69) is 12.2 Å². The molecule has 4 heteroatoms. The standard InChI is InChI=1S/C14H20FNO2/c1-9-6-10(8-18-9)14(16-2)12-5-4-11(17-3)7-13(12)15/h4-5,7,9-10,14,16H,6,8H2,1-3H3. The van der Waals surface area contributed by atoms with Gasteiger partial charge in [-0.05, 0) is 26.5 Å². The zero-order valence-corrected chi connectivity index (χ0v) is 11.1. The zero-order chi connectivity index (χ0) is 13.1. The van der Waals surface area contributed by atoms with Crippen molar-refractivity contribution in [1.82, 2.24) is 5.32 Å². The fourth-order valence-electron chi connectivity index (χ4n) is 2.61. The molecule has 1 aliphatic heterocycles. The Labute approximate surface area is 107 Å². The molecule has 3 nitrogen and oxygen atoms in total. The molecular formula is C14H20FNO2. The lowest BCUT2D eigenvalue weighted by Gasteiger charge is -2.23. The second-order valence-electron chi connectivity index (χ2n) is 4.79. The summed E-state index contributed by atoms with van der Waals surface area (Å²) in [6.07, 6.45) is 1.21. The minimum Gasteiger partial charge on any atom is -0.497 e. The van der Waals surface area contributed by atoms with E-state index in [1.54, 1.807) is 12.1 Å². The second kappa shape index (κ2) is 5.67. The van der Waals surface area contributed by atoms with E-state index in [0.717, 1.165) is 6.42 Å². The molecule has 1 aliphatic rings. The molecule has 1 heterocycles. The fraction of sp³-hybridized carbons (Fsp3) is 0.571. The highest BCUT2D eigenvalue weighted by atomic mass is 19.1. The molecule has 1 aromatic carbocycles. The van der Waals surface area contributed by atoms with Crippen LogP contribution in [-0.4, -0.2) is 26.9 Å². The first kappa shape index (κ1) is 13.3. The van der Waals surface area contributed by atoms with Crippen molar-refractivity contribution in [3.8, 4) is 5.75 Å². The Hall–Kier alpha value is -1.13. The average molecular weight is 253 g/mol. The normalized spacial score (nSPS) is 25.1. The number of nitrogens with one attached hydrogen (secondary N) is 1. The molecule has 100 valence electrons. The van der Waals surface area contributed by atoms with E-state index in [4.69, 9.17) is 9.47 Å². The Morgan fingerprint density at radius 3 is 2.78 bits per heavy atom. The molecule has 1 N–H and O–H groups in total. The summed E-state index contributed by atoms with van der Waals surface area (Å²) >= 11 is 0. The molecule has 0 aliphatic carbocycles. The molecule has 0 amide bonds. The van der Waals surface area contributed by atoms with Crippen LogP contribution < -0.4 is 10.1 Å². The third-order valence-corrected chi connectivity index (χ3v) is 3.55. The summed E-state index contributed by atoms with van der Waals surface area (Å²) in [5, 5.41) is 3.20. The maximum absolute atomic E-state index is 14.1. The van der Waals surface area contributed by atoms with Gasteiger partial charge in [0.15, 0.2) is 0 Å². The lowest BCUT2D eigenvalue weighted by Crippen LogP contribution is -2.26. The van der Waals surface area contributed by atoms with Gasteiger partial charge in [-0.1, -0.05) is 6.07 Å². The van der Waals surface area contributed by atoms with Crippen LogP contribution in [0.3, 0.4) is 0 Å². The molecule has 0 bridgehead atoms. The summed E-state index contributed by atoms with van der Waals surface area (Å²) in [5.41, 5.74) is 0.681. The van der Waals surface area contributed by atoms with Crippen molar-refractivity contribution < 1.29 is 13.9 Å². The van der Waals surface area contributed by atoms with Crippen LogP contribution >= 0.6 is 0 Å². The third-order valence-electron chi connectivity index (χ3n) is 3.55. The van der Waals surface area contributed by atoms with E-state index in [1.807, 2.05) is 7.05 Å². The van der Waals surface area contributed by atoms with E-state index >= 15 is 0 Å². The summed E-state index contributed by atoms with van der Waals surface area (Å²) in [7, 11) is 3.40. The Bertz CT molecular complexity index is 411. The van der Waals surface area contributed by atoms with Crippen LogP contribution in [0.15, 0.2) is 18.2 Å². The zero-order valence-electron chi connectivity index (χ0n) is 11.1. The van der Waals surface area contributed by atoms with Gasteiger partial charge in [0.05, 0.1) is 19.8 Å². The Balaban J connectivity index is 2.22. The molecule has 1 aromatic rings. The van der Waals surface area contributed by atoms with Crippen LogP contribution in [0.5, 0.6) is 5.75 Å². The van der Waals surface area contributed by atoms with Crippen LogP contribution in [0, 0.1) is 11.7 Å². The van der Waals surface area contributed by atoms with Crippen molar-refractivity contribution >= 4 is 0 Å². The van der Waals surface area contributed by atoms with Crippen LogP contribution in [0.4, 0.5) is 4.39 Å². The molecule has 3 unspecified atom stereocenters. The molecule has 2 rings (SSSR count). The first-order valence-electron chi connectivity index (χ1n) is 6.28. The van der Waals surface area contributed by atoms with Crippen molar-refractivity contribution in [3.05, 3.63) is 29.6 Å². The molecule has 1 fully saturated rings. The SMILES string of the molecule is CNC(c1ccc(OC)cc1F)C1COC(C)C1. The van der Waals surface area contributed by atoms with Crippen LogP contribution in [0.25, 0.3) is 0 Å². The number of rotatable bonds is 4. The Morgan fingerprint density at radius 1 is 1.50 bits per heavy atom. The largest absolute Gasteiger partial charge is 0.497 e. The Kier molecular flexibility index (Phi) is 4.19. The monoisotopic (exact) mass is 253 g/mol. The fourth-order valence-corrected chi connectivity index (χ4v) is 2.61. The summed E-state index contributed by atoms with van der Waals surface area (Å²) in [6, 6.07) is 5.00. The lowest BCUT2D eigenvalue weighted by atomic mass is 9.91. The predicted molar refractivity (Wildman–Crippen MR) is 68.3 cm³/mol. The van der Waals surface area contributed by atoms with Crippen molar-refractivity contribution in [2.45, 2.75) is 25.5 Å². The summed E-state index contributed by atoms with van der Waals surface area (Å²) in [4.78, 5) is 0. The maximum Gasteiger partial charge on any atom is 0.131 e. The molecule has 0 spiro atoms. The predicted octanol–water partition coefficient (Wildman–Crippen LogP) is 2.52. The molecule has 18 heavy (non-hydrogen) atoms. The quantitative estimate of drug-likeness (QED) is 0.894. The van der Waals surface area contributed by atoms with E-state index in [9.17, 15) is 4.39 Å². The summed E-state index contributed by atoms with van der Waals surface area (Å²) in [5.74, 6) is 0.628. The van der Waals surface area contributed by atoms with Crippen molar-refractivity contribution in [3.63, 3.8) is 0 Å². The van der Waals surface area contributed by atoms with Gasteiger partial charge in [0.25, 0.3) is 0 Å². The van der Waals surface area contributed by atoms with E-state index in [-0.39, 0.29) is 18.0 Å². The molecule has 0 aromatic heterocycles. The topological polar surface area (TPSA) is 30.5 Å². The Morgan fingerprint density at radius 2 is 2.28 bits per heavy atom. The summed E-state index contributed by atoms with van der Waals surface area (Å²) < 4.78 is 24.7. The first-order chi connectivity index (χ1) is 8.65. The lowest BCUT2D eigenvalue weighted by molar-refractivity contribution is 0.117. The van der Waals surface area contributed by atoms with Crippen molar-refractivity contribution in [2.75, 3.05) is 20.8 Å². The molecular weight excluding hydrogens is 233 g/mol. The highest BCUT2D eigenvalue weighted by molar-refractivity contribution is 5.31. The number of hydrogen-bond donors (Lipinski definition) is 1. The van der Waals surface area contributed by atoms with Crippen molar-refractivity contribution in [2.24, 2.45) is 5.92 Å². The second-order valence-corrected chi connectivity index (χ2v) is 4.79. The smallest absolute Gasteiger partial charge is 0.131 e. The van der Waals surface area contributed by atoms with Gasteiger partial charge in [-0.25, -0.2) is 4.39 Å². The highest BCUT2D eigenvalue weighted by Crippen LogP contribution is 2.33. The van der Waals surface area contributed by atoms with Gasteiger partial charge in [0, 0.05) is 23.6 Å². The average Bonchev–Trinajstić information content (AvgIpc) is 2.78. The van der Waals surface area contributed by atoms with Crippen LogP contribution in [0.1, 0.15) is 24.9 Å². The van der Waals surface area contributed by atoms with Gasteiger partial charge < -0.3 is 14.8 Å². The van der Waals surface area contributed by atoms with Crippen LogP contribution in [0.2, 0.25) is 0 Å². The minimum atomic E-state index is -0.228. The minimum absolute atomic E-state index is 0.0131. The molecule has 3 atom stereocenters. The van der Waals surface area contributed by atoms with Gasteiger partial charge in [-0.15, -0.1) is 0 Å². The highest BCUT2D eigenvalue weighted by Gasteiger charge is 2.31. The van der Waals surface area contributed by atoms with E-state index < -0.39 is 0 Å². The molecule has 1 saturated heterocycles. The van der Waals surface area contributed by atoms with Crippen LogP contribution in [-0.2, 0) is 4.74 Å². The van der Waals surface area contributed by atoms with Gasteiger partial charge in [0.1, 0.15) is 11.6 Å². The molecule has 0 radical (unpaired) electrons. The number of methoxy groups -OCH3 is 1. The van der Waals surface area contributed by atoms with E-state index in [1.165, 1.54) is 13.2 Å². The summed E-state index contributed by atoms with van der Waals surface area (Å²) in [6.45, 7) is 2.73. The van der Waals surface area contributed by atoms with Gasteiger partial charge in [-0.2, -0.15) is 0 Å². The first-order valence-corrected chi connectivity index (χ1v) is 6.28. The number of ether oxygens (including phenoxy) is 2. The number of benzene rings is 1. The van der Waals surface area contributed by atoms with Gasteiger partial charge in [0.2, 0.25) is 0 Å². The maximum atomic E-state index is 14.1. The molecule has 0 saturated carbocycles.